The van der Waals surface area contributed by atoms with Crippen molar-refractivity contribution >= 4 is 12.1 Å². The van der Waals surface area contributed by atoms with Gasteiger partial charge in [0.15, 0.2) is 0 Å². The summed E-state index contributed by atoms with van der Waals surface area (Å²) in [5.74, 6) is -0.828. The highest BCUT2D eigenvalue weighted by atomic mass is 16.6. The van der Waals surface area contributed by atoms with Crippen LogP contribution in [0.1, 0.15) is 40.5 Å². The Labute approximate surface area is 102 Å². The first-order chi connectivity index (χ1) is 7.70. The lowest BCUT2D eigenvalue weighted by Gasteiger charge is -2.26. The molecule has 0 unspecified atom stereocenters. The van der Waals surface area contributed by atoms with Crippen LogP contribution in [0.15, 0.2) is 0 Å². The maximum Gasteiger partial charge on any atom is 0.410 e. The minimum absolute atomic E-state index is 0.244. The fraction of sp³-hybridized carbons (Fsp3) is 0.833. The zero-order chi connectivity index (χ0) is 13.3. The molecule has 1 fully saturated rings. The summed E-state index contributed by atoms with van der Waals surface area (Å²) in [6, 6.07) is 0. The van der Waals surface area contributed by atoms with Crippen LogP contribution in [0.2, 0.25) is 0 Å². The summed E-state index contributed by atoms with van der Waals surface area (Å²) >= 11 is 0. The van der Waals surface area contributed by atoms with Gasteiger partial charge in [-0.25, -0.2) is 4.79 Å². The van der Waals surface area contributed by atoms with Crippen molar-refractivity contribution < 1.29 is 19.4 Å². The number of carbonyl (C=O) groups excluding carboxylic acids is 1. The number of carboxylic acid groups (broad SMARTS) is 1. The number of amides is 1. The molecule has 1 rings (SSSR count). The molecule has 0 aliphatic carbocycles. The van der Waals surface area contributed by atoms with Crippen LogP contribution in [0.5, 0.6) is 0 Å². The van der Waals surface area contributed by atoms with E-state index in [1.54, 1.807) is 20.8 Å². The highest BCUT2D eigenvalue weighted by molar-refractivity contribution is 5.77. The van der Waals surface area contributed by atoms with Crippen molar-refractivity contribution in [3.63, 3.8) is 0 Å². The molecule has 0 spiro atoms. The minimum atomic E-state index is -0.828. The predicted octanol–water partition coefficient (Wildman–Crippen LogP) is 2.11. The Morgan fingerprint density at radius 3 is 2.35 bits per heavy atom. The Morgan fingerprint density at radius 1 is 1.41 bits per heavy atom. The molecule has 5 nitrogen and oxygen atoms in total. The Kier molecular flexibility index (Phi) is 3.69. The van der Waals surface area contributed by atoms with Crippen molar-refractivity contribution in [1.29, 1.82) is 0 Å². The Balaban J connectivity index is 2.67. The average molecular weight is 243 g/mol. The number of nitrogens with zero attached hydrogens (tertiary/aromatic N) is 1. The monoisotopic (exact) mass is 243 g/mol. The van der Waals surface area contributed by atoms with Crippen molar-refractivity contribution in [1.82, 2.24) is 4.90 Å². The molecule has 98 valence electrons. The van der Waals surface area contributed by atoms with Gasteiger partial charge in [0.05, 0.1) is 5.41 Å². The fourth-order valence-electron chi connectivity index (χ4n) is 1.97. The summed E-state index contributed by atoms with van der Waals surface area (Å²) in [7, 11) is 0. The van der Waals surface area contributed by atoms with E-state index in [1.165, 1.54) is 4.90 Å². The van der Waals surface area contributed by atoms with Crippen LogP contribution < -0.4 is 0 Å². The third-order valence-corrected chi connectivity index (χ3v) is 3.14. The lowest BCUT2D eigenvalue weighted by atomic mass is 9.84. The highest BCUT2D eigenvalue weighted by Gasteiger charge is 2.45. The van der Waals surface area contributed by atoms with Crippen LogP contribution >= 0.6 is 0 Å². The number of hydrogen-bond donors (Lipinski definition) is 1. The second kappa shape index (κ2) is 4.55. The number of ether oxygens (including phenoxy) is 1. The van der Waals surface area contributed by atoms with Crippen LogP contribution in [0.4, 0.5) is 4.79 Å². The first-order valence-electron chi connectivity index (χ1n) is 5.91. The summed E-state index contributed by atoms with van der Waals surface area (Å²) in [6.07, 6.45) is 0.605. The molecule has 1 aliphatic heterocycles. The molecule has 1 aliphatic rings. The smallest absolute Gasteiger partial charge is 0.410 e. The number of likely N-dealkylation sites (tertiary alicyclic amines) is 1. The number of aliphatic carboxylic acids is 1. The van der Waals surface area contributed by atoms with Crippen molar-refractivity contribution in [3.05, 3.63) is 0 Å². The average Bonchev–Trinajstić information content (AvgIpc) is 2.60. The molecule has 1 saturated heterocycles. The van der Waals surface area contributed by atoms with Gasteiger partial charge in [0.25, 0.3) is 0 Å². The number of hydrogen-bond acceptors (Lipinski definition) is 3. The molecule has 1 atom stereocenters. The highest BCUT2D eigenvalue weighted by Crippen LogP contribution is 2.34. The van der Waals surface area contributed by atoms with Gasteiger partial charge in [-0.2, -0.15) is 0 Å². The molecule has 0 aromatic carbocycles. The van der Waals surface area contributed by atoms with Gasteiger partial charge in [-0.1, -0.05) is 6.92 Å². The van der Waals surface area contributed by atoms with Crippen LogP contribution in [-0.4, -0.2) is 40.8 Å². The van der Waals surface area contributed by atoms with Crippen LogP contribution in [0, 0.1) is 5.41 Å². The molecule has 0 aromatic heterocycles. The van der Waals surface area contributed by atoms with Gasteiger partial charge in [0.1, 0.15) is 5.60 Å². The van der Waals surface area contributed by atoms with E-state index in [0.717, 1.165) is 0 Å². The van der Waals surface area contributed by atoms with Gasteiger partial charge < -0.3 is 14.7 Å². The molecule has 1 amide bonds. The topological polar surface area (TPSA) is 66.8 Å². The molecule has 5 heteroatoms. The van der Waals surface area contributed by atoms with Crippen LogP contribution in [0.25, 0.3) is 0 Å². The maximum atomic E-state index is 11.8. The quantitative estimate of drug-likeness (QED) is 0.806. The van der Waals surface area contributed by atoms with Crippen LogP contribution in [0.3, 0.4) is 0 Å². The molecule has 0 bridgehead atoms. The lowest BCUT2D eigenvalue weighted by molar-refractivity contribution is -0.148. The third-order valence-electron chi connectivity index (χ3n) is 3.14. The first kappa shape index (κ1) is 13.8. The normalized spacial score (nSPS) is 24.8. The minimum Gasteiger partial charge on any atom is -0.481 e. The van der Waals surface area contributed by atoms with E-state index in [-0.39, 0.29) is 6.54 Å². The molecular weight excluding hydrogens is 222 g/mol. The van der Waals surface area contributed by atoms with E-state index in [1.807, 2.05) is 6.92 Å². The SMILES string of the molecule is CC[C@]1(C(=O)O)CCN(C(=O)OC(C)(C)C)C1. The van der Waals surface area contributed by atoms with E-state index >= 15 is 0 Å². The lowest BCUT2D eigenvalue weighted by Crippen LogP contribution is -2.39. The van der Waals surface area contributed by atoms with Gasteiger partial charge in [-0.05, 0) is 33.6 Å². The van der Waals surface area contributed by atoms with Crippen molar-refractivity contribution in [2.75, 3.05) is 13.1 Å². The van der Waals surface area contributed by atoms with Gasteiger partial charge in [-0.15, -0.1) is 0 Å². The van der Waals surface area contributed by atoms with Crippen molar-refractivity contribution in [2.24, 2.45) is 5.41 Å². The third kappa shape index (κ3) is 3.11. The summed E-state index contributed by atoms with van der Waals surface area (Å²) in [5, 5.41) is 9.22. The Hall–Kier alpha value is -1.26. The summed E-state index contributed by atoms with van der Waals surface area (Å²) in [4.78, 5) is 24.5. The second-order valence-corrected chi connectivity index (χ2v) is 5.59. The number of rotatable bonds is 2. The molecule has 17 heavy (non-hydrogen) atoms. The van der Waals surface area contributed by atoms with Gasteiger partial charge in [0.2, 0.25) is 0 Å². The molecule has 1 heterocycles. The van der Waals surface area contributed by atoms with Crippen LogP contribution in [-0.2, 0) is 9.53 Å². The predicted molar refractivity (Wildman–Crippen MR) is 62.8 cm³/mol. The van der Waals surface area contributed by atoms with E-state index in [2.05, 4.69) is 0 Å². The van der Waals surface area contributed by atoms with Crippen molar-refractivity contribution in [3.8, 4) is 0 Å². The van der Waals surface area contributed by atoms with E-state index in [0.29, 0.717) is 19.4 Å². The standard InChI is InChI=1S/C12H21NO4/c1-5-12(9(14)15)6-7-13(8-12)10(16)17-11(2,3)4/h5-8H2,1-4H3,(H,14,15)/t12-/m0/s1. The molecule has 0 radical (unpaired) electrons. The Bertz CT molecular complexity index is 321. The molecule has 0 aromatic rings. The van der Waals surface area contributed by atoms with Gasteiger partial charge >= 0.3 is 12.1 Å². The zero-order valence-electron chi connectivity index (χ0n) is 10.9. The van der Waals surface area contributed by atoms with E-state index in [4.69, 9.17) is 4.74 Å². The first-order valence-corrected chi connectivity index (χ1v) is 5.91. The van der Waals surface area contributed by atoms with E-state index < -0.39 is 23.1 Å². The maximum absolute atomic E-state index is 11.8. The van der Waals surface area contributed by atoms with Gasteiger partial charge in [0, 0.05) is 13.1 Å². The fourth-order valence-corrected chi connectivity index (χ4v) is 1.97. The largest absolute Gasteiger partial charge is 0.481 e. The second-order valence-electron chi connectivity index (χ2n) is 5.59. The Morgan fingerprint density at radius 2 is 2.00 bits per heavy atom. The zero-order valence-corrected chi connectivity index (χ0v) is 10.9. The van der Waals surface area contributed by atoms with Crippen molar-refractivity contribution in [2.45, 2.75) is 46.1 Å². The molecule has 1 N–H and O–H groups in total. The summed E-state index contributed by atoms with van der Waals surface area (Å²) in [6.45, 7) is 7.93. The summed E-state index contributed by atoms with van der Waals surface area (Å²) < 4.78 is 5.23. The molecular formula is C12H21NO4. The molecule has 0 saturated carbocycles. The van der Waals surface area contributed by atoms with E-state index in [9.17, 15) is 14.7 Å². The number of carboxylic acids is 1. The summed E-state index contributed by atoms with van der Waals surface area (Å²) in [5.41, 5.74) is -1.34. The van der Waals surface area contributed by atoms with Gasteiger partial charge in [-0.3, -0.25) is 4.79 Å². The number of carbonyl (C=O) groups is 2.